The fourth-order valence-corrected chi connectivity index (χ4v) is 10.3. The maximum atomic E-state index is 14.4. The molecule has 7 rings (SSSR count). The van der Waals surface area contributed by atoms with Crippen molar-refractivity contribution in [3.63, 3.8) is 0 Å². The smallest absolute Gasteiger partial charge is 0.318 e. The van der Waals surface area contributed by atoms with Crippen molar-refractivity contribution in [1.29, 1.82) is 0 Å². The summed E-state index contributed by atoms with van der Waals surface area (Å²) in [5.41, 5.74) is 4.24. The number of rotatable bonds is 20. The Kier molecular flexibility index (Phi) is 17.3. The fraction of sp³-hybridized carbons (Fsp3) is 0.627. The van der Waals surface area contributed by atoms with Crippen molar-refractivity contribution in [2.24, 2.45) is 0 Å². The van der Waals surface area contributed by atoms with Crippen molar-refractivity contribution in [3.05, 3.63) is 75.7 Å². The number of unbranched alkanes of at least 4 members (excludes halogenated alkanes) is 10. The number of esters is 1. The van der Waals surface area contributed by atoms with Crippen LogP contribution < -0.4 is 10.9 Å². The number of nitrogens with one attached hydrogen (secondary N) is 2. The van der Waals surface area contributed by atoms with Crippen molar-refractivity contribution in [1.82, 2.24) is 39.7 Å². The predicted molar refractivity (Wildman–Crippen MR) is 254 cm³/mol. The molecule has 348 valence electrons. The van der Waals surface area contributed by atoms with E-state index in [0.717, 1.165) is 91.2 Å². The number of hydrogen-bond acceptors (Lipinski definition) is 8. The Labute approximate surface area is 380 Å². The normalized spacial score (nSPS) is 17.6. The highest BCUT2D eigenvalue weighted by Gasteiger charge is 2.34. The number of ether oxygens (including phenoxy) is 1. The molecule has 3 saturated heterocycles. The number of piperazine rings is 1. The van der Waals surface area contributed by atoms with Crippen LogP contribution in [0.25, 0.3) is 21.8 Å². The number of carbonyl (C=O) groups excluding carboxylic acids is 3. The van der Waals surface area contributed by atoms with E-state index < -0.39 is 6.04 Å². The zero-order valence-electron chi connectivity index (χ0n) is 39.0. The van der Waals surface area contributed by atoms with E-state index in [9.17, 15) is 19.2 Å². The molecular formula is C51H74N8O5. The molecule has 3 amide bonds. The van der Waals surface area contributed by atoms with E-state index in [1.807, 2.05) is 42.2 Å². The molecule has 1 atom stereocenters. The summed E-state index contributed by atoms with van der Waals surface area (Å²) >= 11 is 0. The third kappa shape index (κ3) is 12.5. The number of para-hydroxylation sites is 1. The number of likely N-dealkylation sites (tertiary alicyclic amines) is 2. The second-order valence-corrected chi connectivity index (χ2v) is 18.9. The van der Waals surface area contributed by atoms with Crippen molar-refractivity contribution in [2.75, 3.05) is 59.4 Å². The van der Waals surface area contributed by atoms with Gasteiger partial charge in [0.2, 0.25) is 5.91 Å². The molecule has 5 heterocycles. The quantitative estimate of drug-likeness (QED) is 0.0672. The summed E-state index contributed by atoms with van der Waals surface area (Å²) < 4.78 is 7.32. The number of hydrogen-bond donors (Lipinski definition) is 2. The molecule has 0 bridgehead atoms. The lowest BCUT2D eigenvalue weighted by molar-refractivity contribution is -0.147. The summed E-state index contributed by atoms with van der Waals surface area (Å²) in [4.78, 5) is 64.1. The number of aromatic nitrogens is 3. The lowest BCUT2D eigenvalue weighted by atomic mass is 9.89. The Balaban J connectivity index is 0.938. The van der Waals surface area contributed by atoms with Crippen LogP contribution in [0.3, 0.4) is 0 Å². The van der Waals surface area contributed by atoms with Gasteiger partial charge in [-0.05, 0) is 99.8 Å². The van der Waals surface area contributed by atoms with Crippen molar-refractivity contribution in [2.45, 2.75) is 148 Å². The largest absolute Gasteiger partial charge is 0.444 e. The molecule has 64 heavy (non-hydrogen) atoms. The molecule has 0 spiro atoms. The Morgan fingerprint density at radius 1 is 0.797 bits per heavy atom. The van der Waals surface area contributed by atoms with Crippen LogP contribution in [0.15, 0.2) is 53.5 Å². The van der Waals surface area contributed by atoms with Gasteiger partial charge in [0.1, 0.15) is 6.04 Å². The highest BCUT2D eigenvalue weighted by Crippen LogP contribution is 2.29. The summed E-state index contributed by atoms with van der Waals surface area (Å²) in [5, 5.41) is 12.4. The minimum atomic E-state index is -0.728. The number of urea groups is 1. The van der Waals surface area contributed by atoms with Gasteiger partial charge in [0.15, 0.2) is 6.73 Å². The van der Waals surface area contributed by atoms with Crippen LogP contribution in [0.5, 0.6) is 0 Å². The Morgan fingerprint density at radius 3 is 2.17 bits per heavy atom. The molecule has 2 aromatic heterocycles. The molecule has 2 aromatic carbocycles. The van der Waals surface area contributed by atoms with Crippen LogP contribution in [0.2, 0.25) is 0 Å². The lowest BCUT2D eigenvalue weighted by Crippen LogP contribution is -2.59. The van der Waals surface area contributed by atoms with Crippen LogP contribution >= 0.6 is 0 Å². The van der Waals surface area contributed by atoms with E-state index in [0.29, 0.717) is 63.5 Å². The first-order valence-corrected chi connectivity index (χ1v) is 24.7. The molecule has 0 aliphatic carbocycles. The molecule has 2 N–H and O–H groups in total. The summed E-state index contributed by atoms with van der Waals surface area (Å²) in [6, 6.07) is 13.4. The number of nitrogens with zero attached hydrogens (tertiary/aromatic N) is 6. The number of H-pyrrole nitrogens is 1. The fourth-order valence-electron chi connectivity index (χ4n) is 10.3. The van der Waals surface area contributed by atoms with Crippen LogP contribution in [0.1, 0.15) is 132 Å². The monoisotopic (exact) mass is 879 g/mol. The minimum absolute atomic E-state index is 0.0487. The lowest BCUT2D eigenvalue weighted by Gasteiger charge is -2.43. The van der Waals surface area contributed by atoms with Gasteiger partial charge >= 0.3 is 12.0 Å². The van der Waals surface area contributed by atoms with Crippen LogP contribution in [0.4, 0.5) is 4.79 Å². The van der Waals surface area contributed by atoms with Crippen molar-refractivity contribution < 1.29 is 19.1 Å². The van der Waals surface area contributed by atoms with Crippen LogP contribution in [0, 0.1) is 6.92 Å². The van der Waals surface area contributed by atoms with Gasteiger partial charge in [-0.1, -0.05) is 95.4 Å². The van der Waals surface area contributed by atoms with E-state index in [-0.39, 0.29) is 36.1 Å². The van der Waals surface area contributed by atoms with Gasteiger partial charge in [0.25, 0.3) is 5.56 Å². The number of aromatic amines is 1. The third-order valence-corrected chi connectivity index (χ3v) is 14.3. The second-order valence-electron chi connectivity index (χ2n) is 18.9. The maximum Gasteiger partial charge on any atom is 0.318 e. The molecular weight excluding hydrogens is 805 g/mol. The van der Waals surface area contributed by atoms with Crippen LogP contribution in [-0.2, 0) is 27.5 Å². The first-order valence-electron chi connectivity index (χ1n) is 24.7. The van der Waals surface area contributed by atoms with E-state index >= 15 is 0 Å². The number of amides is 3. The Bertz CT molecular complexity index is 2200. The van der Waals surface area contributed by atoms with Crippen LogP contribution in [-0.4, -0.2) is 124 Å². The molecule has 4 aromatic rings. The zero-order valence-corrected chi connectivity index (χ0v) is 39.0. The predicted octanol–water partition coefficient (Wildman–Crippen LogP) is 8.13. The standard InChI is InChI=1S/C51H74N8O5/c1-4-5-6-7-8-9-10-11-12-13-14-19-47(60)64-37-59-46-18-16-15-17-41(46)35-44(49(59)61)40-20-26-58(27-21-40)51(63)53-45(34-39-32-38(2)48-42(33-39)36-52-54-48)50(62)57-30-28-56(29-31-57)43-22-24-55(3)25-23-43/h15-18,32-33,35-36,40,43,45H,4-14,19-31,34,37H2,1-3H3,(H,52,54)(H,53,63)/t45-/m1/s1. The average molecular weight is 879 g/mol. The highest BCUT2D eigenvalue weighted by atomic mass is 16.5. The first kappa shape index (κ1) is 47.2. The van der Waals surface area contributed by atoms with Gasteiger partial charge < -0.3 is 24.8 Å². The van der Waals surface area contributed by atoms with Gasteiger partial charge in [-0.3, -0.25) is 28.9 Å². The number of carbonyl (C=O) groups is 3. The topological polar surface area (TPSA) is 136 Å². The second kappa shape index (κ2) is 23.4. The number of piperidine rings is 2. The molecule has 0 saturated carbocycles. The Hall–Kier alpha value is -4.75. The summed E-state index contributed by atoms with van der Waals surface area (Å²) in [6.45, 7) is 10.2. The number of benzene rings is 2. The molecule has 13 nitrogen and oxygen atoms in total. The van der Waals surface area contributed by atoms with E-state index in [2.05, 4.69) is 51.4 Å². The molecule has 3 aliphatic rings. The van der Waals surface area contributed by atoms with Gasteiger partial charge in [-0.25, -0.2) is 4.79 Å². The summed E-state index contributed by atoms with van der Waals surface area (Å²) in [5.74, 6) is -0.393. The van der Waals surface area contributed by atoms with E-state index in [1.165, 1.54) is 51.4 Å². The van der Waals surface area contributed by atoms with Gasteiger partial charge in [-0.2, -0.15) is 5.10 Å². The summed E-state index contributed by atoms with van der Waals surface area (Å²) in [6.07, 6.45) is 19.4. The summed E-state index contributed by atoms with van der Waals surface area (Å²) in [7, 11) is 2.18. The van der Waals surface area contributed by atoms with Crippen molar-refractivity contribution in [3.8, 4) is 0 Å². The molecule has 0 radical (unpaired) electrons. The SMILES string of the molecule is CCCCCCCCCCCCCC(=O)OCn1c(=O)c(C2CCN(C(=O)N[C@H](Cc3cc(C)c4[nH]ncc4c3)C(=O)N3CCN(C4CCN(C)CC4)CC3)CC2)cc2ccccc21. The van der Waals surface area contributed by atoms with Gasteiger partial charge in [0, 0.05) is 69.1 Å². The molecule has 0 unspecified atom stereocenters. The highest BCUT2D eigenvalue weighted by molar-refractivity contribution is 5.88. The average Bonchev–Trinajstić information content (AvgIpc) is 3.80. The van der Waals surface area contributed by atoms with Crippen molar-refractivity contribution >= 4 is 39.7 Å². The minimum Gasteiger partial charge on any atom is -0.444 e. The van der Waals surface area contributed by atoms with Gasteiger partial charge in [0.05, 0.1) is 17.2 Å². The molecule has 3 aliphatic heterocycles. The number of fused-ring (bicyclic) bond motifs is 2. The Morgan fingerprint density at radius 2 is 1.47 bits per heavy atom. The molecule has 13 heteroatoms. The maximum absolute atomic E-state index is 14.4. The number of aryl methyl sites for hydroxylation is 1. The van der Waals surface area contributed by atoms with Gasteiger partial charge in [-0.15, -0.1) is 0 Å². The third-order valence-electron chi connectivity index (χ3n) is 14.3. The first-order chi connectivity index (χ1) is 31.2. The number of pyridine rings is 1. The van der Waals surface area contributed by atoms with E-state index in [1.54, 1.807) is 15.7 Å². The van der Waals surface area contributed by atoms with E-state index in [4.69, 9.17) is 4.74 Å². The zero-order chi connectivity index (χ0) is 44.8. The molecule has 3 fully saturated rings.